The predicted octanol–water partition coefficient (Wildman–Crippen LogP) is 3.72. The minimum Gasteiger partial charge on any atom is -0.322 e. The van der Waals surface area contributed by atoms with Crippen LogP contribution in [0.25, 0.3) is 17.0 Å². The van der Waals surface area contributed by atoms with E-state index in [1.54, 1.807) is 29.7 Å². The summed E-state index contributed by atoms with van der Waals surface area (Å²) in [4.78, 5) is 48.8. The van der Waals surface area contributed by atoms with Crippen LogP contribution in [0, 0.1) is 0 Å². The minimum absolute atomic E-state index is 0.158. The monoisotopic (exact) mass is 431 g/mol. The Hall–Kier alpha value is -4.11. The average molecular weight is 431 g/mol. The molecule has 2 N–H and O–H groups in total. The summed E-state index contributed by atoms with van der Waals surface area (Å²) < 4.78 is 0. The lowest BCUT2D eigenvalue weighted by atomic mass is 10.2. The fraction of sp³-hybridized carbons (Fsp3) is 0.0455. The van der Waals surface area contributed by atoms with Crippen molar-refractivity contribution in [3.05, 3.63) is 82.4 Å². The van der Waals surface area contributed by atoms with Gasteiger partial charge in [-0.25, -0.2) is 9.97 Å². The van der Waals surface area contributed by atoms with Crippen LogP contribution < -0.4 is 15.8 Å². The molecule has 0 radical (unpaired) electrons. The van der Waals surface area contributed by atoms with Crippen molar-refractivity contribution < 1.29 is 9.59 Å². The Morgan fingerprint density at radius 2 is 1.97 bits per heavy atom. The van der Waals surface area contributed by atoms with Crippen LogP contribution >= 0.6 is 11.3 Å². The van der Waals surface area contributed by atoms with Crippen LogP contribution in [0.5, 0.6) is 0 Å². The first kappa shape index (κ1) is 20.2. The molecule has 4 aromatic rings. The summed E-state index contributed by atoms with van der Waals surface area (Å²) in [6.45, 7) is 1.47. The number of para-hydroxylation sites is 1. The number of aromatic nitrogens is 3. The number of aromatic amines is 1. The SMILES string of the molecule is CC(=O)N(c1ccccc1)c1nc(/C=C/C(=O)Nc2ccc3nc[nH]c(=O)c3c2)cs1. The van der Waals surface area contributed by atoms with Gasteiger partial charge in [0.1, 0.15) is 0 Å². The molecule has 2 heterocycles. The van der Waals surface area contributed by atoms with Crippen molar-refractivity contribution in [2.75, 3.05) is 10.2 Å². The van der Waals surface area contributed by atoms with Gasteiger partial charge in [-0.2, -0.15) is 0 Å². The largest absolute Gasteiger partial charge is 0.322 e. The van der Waals surface area contributed by atoms with Gasteiger partial charge in [0.15, 0.2) is 5.13 Å². The van der Waals surface area contributed by atoms with Crippen molar-refractivity contribution in [1.29, 1.82) is 0 Å². The lowest BCUT2D eigenvalue weighted by Crippen LogP contribution is -2.22. The van der Waals surface area contributed by atoms with Crippen molar-refractivity contribution in [3.63, 3.8) is 0 Å². The van der Waals surface area contributed by atoms with E-state index < -0.39 is 0 Å². The Morgan fingerprint density at radius 3 is 2.74 bits per heavy atom. The van der Waals surface area contributed by atoms with Gasteiger partial charge >= 0.3 is 0 Å². The summed E-state index contributed by atoms with van der Waals surface area (Å²) in [7, 11) is 0. The molecule has 0 unspecified atom stereocenters. The molecule has 2 amide bonds. The summed E-state index contributed by atoms with van der Waals surface area (Å²) in [6, 6.07) is 14.1. The number of anilines is 3. The number of fused-ring (bicyclic) bond motifs is 1. The van der Waals surface area contributed by atoms with Gasteiger partial charge in [-0.1, -0.05) is 18.2 Å². The molecule has 0 spiro atoms. The second kappa shape index (κ2) is 8.72. The first-order chi connectivity index (χ1) is 15.0. The average Bonchev–Trinajstić information content (AvgIpc) is 3.22. The van der Waals surface area contributed by atoms with E-state index in [0.717, 1.165) is 5.69 Å². The van der Waals surface area contributed by atoms with Crippen LogP contribution in [0.2, 0.25) is 0 Å². The Bertz CT molecular complexity index is 1340. The third kappa shape index (κ3) is 4.57. The maximum atomic E-state index is 12.3. The molecule has 4 rings (SSSR count). The molecule has 0 aliphatic rings. The number of nitrogens with zero attached hydrogens (tertiary/aromatic N) is 3. The molecule has 2 aromatic heterocycles. The van der Waals surface area contributed by atoms with Gasteiger partial charge in [0, 0.05) is 24.1 Å². The van der Waals surface area contributed by atoms with E-state index in [9.17, 15) is 14.4 Å². The van der Waals surface area contributed by atoms with Crippen LogP contribution in [-0.2, 0) is 9.59 Å². The molecule has 0 atom stereocenters. The number of nitrogens with one attached hydrogen (secondary N) is 2. The molecular weight excluding hydrogens is 414 g/mol. The number of carbonyl (C=O) groups is 2. The number of amides is 2. The Morgan fingerprint density at radius 1 is 1.16 bits per heavy atom. The van der Waals surface area contributed by atoms with Crippen LogP contribution in [0.3, 0.4) is 0 Å². The highest BCUT2D eigenvalue weighted by molar-refractivity contribution is 7.14. The van der Waals surface area contributed by atoms with Gasteiger partial charge in [-0.05, 0) is 36.4 Å². The minimum atomic E-state index is -0.374. The lowest BCUT2D eigenvalue weighted by Gasteiger charge is -2.17. The fourth-order valence-corrected chi connectivity index (χ4v) is 3.81. The van der Waals surface area contributed by atoms with E-state index in [-0.39, 0.29) is 17.4 Å². The first-order valence-corrected chi connectivity index (χ1v) is 10.2. The molecule has 0 fully saturated rings. The van der Waals surface area contributed by atoms with Gasteiger partial charge in [0.25, 0.3) is 5.56 Å². The van der Waals surface area contributed by atoms with E-state index >= 15 is 0 Å². The summed E-state index contributed by atoms with van der Waals surface area (Å²) in [5.74, 6) is -0.532. The zero-order valence-corrected chi connectivity index (χ0v) is 17.2. The van der Waals surface area contributed by atoms with Crippen molar-refractivity contribution >= 4 is 56.6 Å². The highest BCUT2D eigenvalue weighted by Gasteiger charge is 2.17. The maximum Gasteiger partial charge on any atom is 0.258 e. The van der Waals surface area contributed by atoms with Crippen molar-refractivity contribution in [1.82, 2.24) is 15.0 Å². The summed E-state index contributed by atoms with van der Waals surface area (Å²) in [5.41, 5.74) is 2.02. The van der Waals surface area contributed by atoms with E-state index in [4.69, 9.17) is 0 Å². The van der Waals surface area contributed by atoms with Gasteiger partial charge in [0.2, 0.25) is 11.8 Å². The molecular formula is C22H17N5O3S. The van der Waals surface area contributed by atoms with Gasteiger partial charge in [-0.3, -0.25) is 19.3 Å². The number of H-pyrrole nitrogens is 1. The zero-order chi connectivity index (χ0) is 21.8. The van der Waals surface area contributed by atoms with E-state index in [0.29, 0.717) is 27.4 Å². The molecule has 0 bridgehead atoms. The van der Waals surface area contributed by atoms with E-state index in [2.05, 4.69) is 20.3 Å². The number of hydrogen-bond acceptors (Lipinski definition) is 6. The van der Waals surface area contributed by atoms with Crippen LogP contribution in [0.15, 0.2) is 71.1 Å². The van der Waals surface area contributed by atoms with Crippen molar-refractivity contribution in [3.8, 4) is 0 Å². The van der Waals surface area contributed by atoms with Crippen molar-refractivity contribution in [2.45, 2.75) is 6.92 Å². The number of rotatable bonds is 5. The van der Waals surface area contributed by atoms with Crippen LogP contribution in [0.1, 0.15) is 12.6 Å². The van der Waals surface area contributed by atoms with Crippen molar-refractivity contribution in [2.24, 2.45) is 0 Å². The third-order valence-electron chi connectivity index (χ3n) is 4.34. The number of hydrogen-bond donors (Lipinski definition) is 2. The highest BCUT2D eigenvalue weighted by atomic mass is 32.1. The second-order valence-electron chi connectivity index (χ2n) is 6.53. The van der Waals surface area contributed by atoms with Gasteiger partial charge < -0.3 is 10.3 Å². The van der Waals surface area contributed by atoms with Crippen LogP contribution in [0.4, 0.5) is 16.5 Å². The van der Waals surface area contributed by atoms with E-state index in [1.165, 1.54) is 35.6 Å². The topological polar surface area (TPSA) is 108 Å². The maximum absolute atomic E-state index is 12.3. The third-order valence-corrected chi connectivity index (χ3v) is 5.19. The molecule has 0 aliphatic carbocycles. The highest BCUT2D eigenvalue weighted by Crippen LogP contribution is 2.29. The number of thiazole rings is 1. The van der Waals surface area contributed by atoms with E-state index in [1.807, 2.05) is 30.3 Å². The summed E-state index contributed by atoms with van der Waals surface area (Å²) in [5, 5.41) is 5.37. The Labute approximate surface area is 180 Å². The lowest BCUT2D eigenvalue weighted by molar-refractivity contribution is -0.116. The Kier molecular flexibility index (Phi) is 5.67. The van der Waals surface area contributed by atoms with Gasteiger partial charge in [-0.15, -0.1) is 11.3 Å². The molecule has 0 saturated heterocycles. The molecule has 2 aromatic carbocycles. The quantitative estimate of drug-likeness (QED) is 0.468. The Balaban J connectivity index is 1.48. The number of benzene rings is 2. The molecule has 0 aliphatic heterocycles. The molecule has 9 heteroatoms. The summed E-state index contributed by atoms with van der Waals surface area (Å²) >= 11 is 1.31. The molecule has 8 nitrogen and oxygen atoms in total. The fourth-order valence-electron chi connectivity index (χ4n) is 2.95. The normalized spacial score (nSPS) is 11.0. The summed E-state index contributed by atoms with van der Waals surface area (Å²) in [6.07, 6.45) is 4.24. The smallest absolute Gasteiger partial charge is 0.258 e. The standard InChI is InChI=1S/C22H17N5O3S/c1-14(28)27(17-5-3-2-4-6-17)22-26-16(12-31-22)8-10-20(29)25-15-7-9-19-18(11-15)21(30)24-13-23-19/h2-13H,1H3,(H,25,29)(H,23,24,30)/b10-8+. The predicted molar refractivity (Wildman–Crippen MR) is 121 cm³/mol. The molecule has 31 heavy (non-hydrogen) atoms. The zero-order valence-electron chi connectivity index (χ0n) is 16.4. The van der Waals surface area contributed by atoms with Gasteiger partial charge in [0.05, 0.1) is 28.6 Å². The molecule has 154 valence electrons. The second-order valence-corrected chi connectivity index (χ2v) is 7.37. The van der Waals surface area contributed by atoms with Crippen LogP contribution in [-0.4, -0.2) is 26.8 Å². The first-order valence-electron chi connectivity index (χ1n) is 9.29. The number of carbonyl (C=O) groups excluding carboxylic acids is 2. The molecule has 0 saturated carbocycles.